The second-order valence-corrected chi connectivity index (χ2v) is 8.56. The molecule has 5 heteroatoms. The lowest BCUT2D eigenvalue weighted by atomic mass is 10.2. The maximum Gasteiger partial charge on any atom is 0.0641 e. The Balaban J connectivity index is 1.87. The Kier molecular flexibility index (Phi) is 5.52. The van der Waals surface area contributed by atoms with Crippen LogP contribution in [0.3, 0.4) is 0 Å². The molecule has 1 heterocycles. The fraction of sp³-hybridized carbons (Fsp3) is 0.800. The molecule has 1 atom stereocenters. The van der Waals surface area contributed by atoms with E-state index in [2.05, 4.69) is 43.1 Å². The summed E-state index contributed by atoms with van der Waals surface area (Å²) in [6.45, 7) is 6.71. The van der Waals surface area contributed by atoms with Crippen molar-refractivity contribution in [1.29, 1.82) is 0 Å². The van der Waals surface area contributed by atoms with Gasteiger partial charge in [0.25, 0.3) is 0 Å². The van der Waals surface area contributed by atoms with Crippen molar-refractivity contribution in [3.63, 3.8) is 0 Å². The van der Waals surface area contributed by atoms with Gasteiger partial charge >= 0.3 is 0 Å². The van der Waals surface area contributed by atoms with E-state index in [1.807, 2.05) is 11.8 Å². The topological polar surface area (TPSA) is 55.9 Å². The third-order valence-corrected chi connectivity index (χ3v) is 5.21. The summed E-state index contributed by atoms with van der Waals surface area (Å²) < 4.78 is 2.44. The van der Waals surface area contributed by atoms with E-state index in [1.54, 1.807) is 0 Å². The Hall–Kier alpha value is -0.520. The largest absolute Gasteiger partial charge is 0.271 e. The molecular formula is C15H28N4S. The van der Waals surface area contributed by atoms with Gasteiger partial charge in [-0.2, -0.15) is 16.9 Å². The zero-order valence-electron chi connectivity index (χ0n) is 12.9. The van der Waals surface area contributed by atoms with Crippen LogP contribution in [0.2, 0.25) is 0 Å². The highest BCUT2D eigenvalue weighted by molar-refractivity contribution is 8.00. The van der Waals surface area contributed by atoms with Crippen LogP contribution in [0, 0.1) is 0 Å². The van der Waals surface area contributed by atoms with E-state index in [4.69, 9.17) is 10.9 Å². The highest BCUT2D eigenvalue weighted by Gasteiger charge is 2.19. The second kappa shape index (κ2) is 6.96. The molecule has 1 aliphatic carbocycles. The van der Waals surface area contributed by atoms with E-state index in [1.165, 1.54) is 25.7 Å². The lowest BCUT2D eigenvalue weighted by Gasteiger charge is -2.22. The molecule has 0 spiro atoms. The predicted octanol–water partition coefficient (Wildman–Crippen LogP) is 2.90. The average molecular weight is 296 g/mol. The van der Waals surface area contributed by atoms with Gasteiger partial charge in [-0.05, 0) is 18.9 Å². The average Bonchev–Trinajstić information content (AvgIpc) is 3.03. The Morgan fingerprint density at radius 1 is 1.45 bits per heavy atom. The van der Waals surface area contributed by atoms with Gasteiger partial charge < -0.3 is 0 Å². The van der Waals surface area contributed by atoms with E-state index < -0.39 is 0 Å². The number of aromatic nitrogens is 2. The normalized spacial score (nSPS) is 18.6. The summed E-state index contributed by atoms with van der Waals surface area (Å²) in [6, 6.07) is 3.05. The predicted molar refractivity (Wildman–Crippen MR) is 86.8 cm³/mol. The molecule has 4 nitrogen and oxygen atoms in total. The molecule has 0 bridgehead atoms. The quantitative estimate of drug-likeness (QED) is 0.626. The van der Waals surface area contributed by atoms with E-state index in [0.717, 1.165) is 17.9 Å². The Morgan fingerprint density at radius 2 is 2.15 bits per heavy atom. The van der Waals surface area contributed by atoms with Crippen molar-refractivity contribution < 1.29 is 0 Å². The van der Waals surface area contributed by atoms with Gasteiger partial charge in [0.1, 0.15) is 0 Å². The minimum atomic E-state index is 0.276. The molecule has 114 valence electrons. The molecule has 0 amide bonds. The lowest BCUT2D eigenvalue weighted by Crippen LogP contribution is -2.39. The minimum absolute atomic E-state index is 0.276. The van der Waals surface area contributed by atoms with Gasteiger partial charge in [0.15, 0.2) is 0 Å². The van der Waals surface area contributed by atoms with Crippen LogP contribution in [-0.2, 0) is 6.42 Å². The van der Waals surface area contributed by atoms with Gasteiger partial charge in [0, 0.05) is 29.2 Å². The molecular weight excluding hydrogens is 268 g/mol. The minimum Gasteiger partial charge on any atom is -0.271 e. The number of nitrogens with one attached hydrogen (secondary N) is 1. The highest BCUT2D eigenvalue weighted by atomic mass is 32.2. The van der Waals surface area contributed by atoms with Gasteiger partial charge in [-0.15, -0.1) is 0 Å². The molecule has 2 rings (SSSR count). The first kappa shape index (κ1) is 15.9. The van der Waals surface area contributed by atoms with Gasteiger partial charge in [-0.3, -0.25) is 16.0 Å². The standard InChI is InChI=1S/C15H28N4S/c1-15(2,3)20-11-13(17-16)10-12-8-9-19(18-12)14-6-4-5-7-14/h8-9,13-14,17H,4-7,10-11,16H2,1-3H3. The van der Waals surface area contributed by atoms with Gasteiger partial charge in [0.05, 0.1) is 11.7 Å². The molecule has 1 aliphatic rings. The first-order valence-corrected chi connectivity index (χ1v) is 8.60. The molecule has 1 aromatic heterocycles. The van der Waals surface area contributed by atoms with Crippen LogP contribution in [0.5, 0.6) is 0 Å². The highest BCUT2D eigenvalue weighted by Crippen LogP contribution is 2.29. The number of hydrogen-bond donors (Lipinski definition) is 2. The van der Waals surface area contributed by atoms with E-state index >= 15 is 0 Å². The van der Waals surface area contributed by atoms with Crippen LogP contribution >= 0.6 is 11.8 Å². The van der Waals surface area contributed by atoms with Crippen LogP contribution in [0.4, 0.5) is 0 Å². The monoisotopic (exact) mass is 296 g/mol. The summed E-state index contributed by atoms with van der Waals surface area (Å²) in [5.41, 5.74) is 4.08. The third-order valence-electron chi connectivity index (χ3n) is 3.77. The molecule has 0 radical (unpaired) electrons. The van der Waals surface area contributed by atoms with Crippen molar-refractivity contribution in [2.75, 3.05) is 5.75 Å². The number of hydrogen-bond acceptors (Lipinski definition) is 4. The second-order valence-electron chi connectivity index (χ2n) is 6.72. The molecule has 20 heavy (non-hydrogen) atoms. The van der Waals surface area contributed by atoms with Crippen molar-refractivity contribution in [2.24, 2.45) is 5.84 Å². The van der Waals surface area contributed by atoms with Crippen molar-refractivity contribution in [2.45, 2.75) is 69.7 Å². The molecule has 0 saturated heterocycles. The summed E-state index contributed by atoms with van der Waals surface area (Å²) in [7, 11) is 0. The smallest absolute Gasteiger partial charge is 0.0641 e. The first-order valence-electron chi connectivity index (χ1n) is 7.62. The molecule has 0 aromatic carbocycles. The van der Waals surface area contributed by atoms with Crippen LogP contribution in [0.15, 0.2) is 12.3 Å². The Morgan fingerprint density at radius 3 is 2.75 bits per heavy atom. The van der Waals surface area contributed by atoms with Crippen LogP contribution in [-0.4, -0.2) is 26.3 Å². The Bertz CT molecular complexity index is 404. The summed E-state index contributed by atoms with van der Waals surface area (Å²) in [5, 5.41) is 4.74. The zero-order valence-corrected chi connectivity index (χ0v) is 13.7. The summed E-state index contributed by atoms with van der Waals surface area (Å²) in [6.07, 6.45) is 8.28. The van der Waals surface area contributed by atoms with Crippen molar-refractivity contribution in [3.05, 3.63) is 18.0 Å². The van der Waals surface area contributed by atoms with Crippen molar-refractivity contribution >= 4 is 11.8 Å². The van der Waals surface area contributed by atoms with Gasteiger partial charge in [0.2, 0.25) is 0 Å². The van der Waals surface area contributed by atoms with Crippen LogP contribution in [0.1, 0.15) is 58.2 Å². The van der Waals surface area contributed by atoms with Gasteiger partial charge in [-0.1, -0.05) is 33.6 Å². The maximum atomic E-state index is 5.68. The number of thioether (sulfide) groups is 1. The number of nitrogens with zero attached hydrogens (tertiary/aromatic N) is 2. The fourth-order valence-corrected chi connectivity index (χ4v) is 3.54. The SMILES string of the molecule is CC(C)(C)SCC(Cc1ccn(C2CCCC2)n1)NN. The van der Waals surface area contributed by atoms with Gasteiger partial charge in [-0.25, -0.2) is 0 Å². The molecule has 1 fully saturated rings. The molecule has 1 aromatic rings. The van der Waals surface area contributed by atoms with E-state index in [0.29, 0.717) is 6.04 Å². The molecule has 1 unspecified atom stereocenters. The summed E-state index contributed by atoms with van der Waals surface area (Å²) in [4.78, 5) is 0. The van der Waals surface area contributed by atoms with Crippen molar-refractivity contribution in [3.8, 4) is 0 Å². The number of hydrazine groups is 1. The summed E-state index contributed by atoms with van der Waals surface area (Å²) >= 11 is 1.94. The lowest BCUT2D eigenvalue weighted by molar-refractivity contribution is 0.459. The van der Waals surface area contributed by atoms with E-state index in [-0.39, 0.29) is 10.8 Å². The zero-order chi connectivity index (χ0) is 14.6. The third kappa shape index (κ3) is 4.79. The van der Waals surface area contributed by atoms with Crippen LogP contribution < -0.4 is 11.3 Å². The molecule has 3 N–H and O–H groups in total. The Labute approximate surface area is 126 Å². The number of rotatable bonds is 6. The van der Waals surface area contributed by atoms with Crippen LogP contribution in [0.25, 0.3) is 0 Å². The fourth-order valence-electron chi connectivity index (χ4n) is 2.63. The van der Waals surface area contributed by atoms with Crippen molar-refractivity contribution in [1.82, 2.24) is 15.2 Å². The molecule has 0 aliphatic heterocycles. The summed E-state index contributed by atoms with van der Waals surface area (Å²) in [5.74, 6) is 6.69. The first-order chi connectivity index (χ1) is 9.48. The van der Waals surface area contributed by atoms with E-state index in [9.17, 15) is 0 Å². The number of nitrogens with two attached hydrogens (primary N) is 1. The maximum absolute atomic E-state index is 5.68. The molecule has 1 saturated carbocycles.